The first kappa shape index (κ1) is 22.2. The van der Waals surface area contributed by atoms with Gasteiger partial charge in [-0.1, -0.05) is 94.3 Å². The molecule has 0 amide bonds. The molecule has 28 heavy (non-hydrogen) atoms. The molecule has 0 spiro atoms. The van der Waals surface area contributed by atoms with Crippen molar-refractivity contribution in [2.24, 2.45) is 10.8 Å². The first-order valence-corrected chi connectivity index (χ1v) is 10.4. The Labute approximate surface area is 171 Å². The SMILES string of the molecule is CC(=CCCC(C)(C)C1=CCC=C(C(=O)OCc2ccccc2)C1)C(C)(C)C. The summed E-state index contributed by atoms with van der Waals surface area (Å²) in [5, 5.41) is 0. The summed E-state index contributed by atoms with van der Waals surface area (Å²) in [6.07, 6.45) is 10.3. The van der Waals surface area contributed by atoms with E-state index in [1.165, 1.54) is 11.1 Å². The maximum atomic E-state index is 12.5. The van der Waals surface area contributed by atoms with Gasteiger partial charge in [0.05, 0.1) is 0 Å². The predicted octanol–water partition coefficient (Wildman–Crippen LogP) is 7.18. The van der Waals surface area contributed by atoms with Gasteiger partial charge >= 0.3 is 5.97 Å². The molecule has 1 aliphatic rings. The number of benzene rings is 1. The zero-order chi connectivity index (χ0) is 20.8. The van der Waals surface area contributed by atoms with Crippen molar-refractivity contribution in [3.8, 4) is 0 Å². The molecule has 1 aromatic carbocycles. The third-order valence-corrected chi connectivity index (χ3v) is 5.86. The van der Waals surface area contributed by atoms with Crippen LogP contribution in [0.4, 0.5) is 0 Å². The van der Waals surface area contributed by atoms with Gasteiger partial charge in [-0.25, -0.2) is 4.79 Å². The summed E-state index contributed by atoms with van der Waals surface area (Å²) in [5.41, 5.74) is 4.90. The topological polar surface area (TPSA) is 26.3 Å². The molecule has 152 valence electrons. The molecule has 2 heteroatoms. The van der Waals surface area contributed by atoms with Crippen LogP contribution in [-0.4, -0.2) is 5.97 Å². The molecule has 2 rings (SSSR count). The second-order valence-electron chi connectivity index (χ2n) is 9.49. The van der Waals surface area contributed by atoms with Crippen LogP contribution in [0.25, 0.3) is 0 Å². The van der Waals surface area contributed by atoms with Gasteiger partial charge < -0.3 is 4.74 Å². The molecule has 0 aromatic heterocycles. The van der Waals surface area contributed by atoms with Crippen molar-refractivity contribution in [2.75, 3.05) is 0 Å². The summed E-state index contributed by atoms with van der Waals surface area (Å²) in [7, 11) is 0. The summed E-state index contributed by atoms with van der Waals surface area (Å²) in [4.78, 5) is 12.5. The molecule has 0 saturated heterocycles. The number of ether oxygens (including phenoxy) is 1. The molecule has 1 aliphatic carbocycles. The van der Waals surface area contributed by atoms with Crippen LogP contribution in [0.2, 0.25) is 0 Å². The zero-order valence-electron chi connectivity index (χ0n) is 18.5. The van der Waals surface area contributed by atoms with Crippen LogP contribution < -0.4 is 0 Å². The monoisotopic (exact) mass is 380 g/mol. The van der Waals surface area contributed by atoms with E-state index in [2.05, 4.69) is 53.7 Å². The molecular formula is C26H36O2. The summed E-state index contributed by atoms with van der Waals surface area (Å²) < 4.78 is 5.53. The van der Waals surface area contributed by atoms with Crippen LogP contribution in [0.1, 0.15) is 72.8 Å². The highest BCUT2D eigenvalue weighted by Gasteiger charge is 2.27. The summed E-state index contributed by atoms with van der Waals surface area (Å²) in [5.74, 6) is -0.186. The number of esters is 1. The smallest absolute Gasteiger partial charge is 0.334 e. The molecular weight excluding hydrogens is 344 g/mol. The van der Waals surface area contributed by atoms with E-state index in [1.807, 2.05) is 36.4 Å². The van der Waals surface area contributed by atoms with E-state index in [4.69, 9.17) is 4.74 Å². The molecule has 0 fully saturated rings. The highest BCUT2D eigenvalue weighted by molar-refractivity contribution is 5.89. The first-order valence-electron chi connectivity index (χ1n) is 10.4. The van der Waals surface area contributed by atoms with Crippen LogP contribution in [-0.2, 0) is 16.1 Å². The lowest BCUT2D eigenvalue weighted by Gasteiger charge is -2.30. The van der Waals surface area contributed by atoms with Gasteiger partial charge in [-0.05, 0) is 42.6 Å². The number of allylic oxidation sites excluding steroid dienone is 5. The van der Waals surface area contributed by atoms with E-state index in [-0.39, 0.29) is 16.8 Å². The maximum Gasteiger partial charge on any atom is 0.334 e. The van der Waals surface area contributed by atoms with Crippen molar-refractivity contribution in [1.82, 2.24) is 0 Å². The molecule has 0 radical (unpaired) electrons. The summed E-state index contributed by atoms with van der Waals surface area (Å²) in [6.45, 7) is 13.9. The van der Waals surface area contributed by atoms with Gasteiger partial charge in [0.2, 0.25) is 0 Å². The predicted molar refractivity (Wildman–Crippen MR) is 118 cm³/mol. The van der Waals surface area contributed by atoms with Gasteiger partial charge in [0.25, 0.3) is 0 Å². The van der Waals surface area contributed by atoms with E-state index in [1.54, 1.807) is 0 Å². The number of hydrogen-bond donors (Lipinski definition) is 0. The Morgan fingerprint density at radius 3 is 2.39 bits per heavy atom. The van der Waals surface area contributed by atoms with Crippen LogP contribution in [0, 0.1) is 10.8 Å². The maximum absolute atomic E-state index is 12.5. The van der Waals surface area contributed by atoms with Crippen molar-refractivity contribution in [2.45, 2.75) is 73.8 Å². The molecule has 2 nitrogen and oxygen atoms in total. The van der Waals surface area contributed by atoms with Gasteiger partial charge in [0, 0.05) is 12.0 Å². The third-order valence-electron chi connectivity index (χ3n) is 5.86. The standard InChI is InChI=1S/C26H36O2/c1-20(25(2,3)4)12-11-17-26(5,6)23-16-10-15-22(18-23)24(27)28-19-21-13-8-7-9-14-21/h7-9,12-16H,10-11,17-19H2,1-6H3. The minimum absolute atomic E-state index is 0.0773. The molecule has 0 aliphatic heterocycles. The number of carbonyl (C=O) groups excluding carboxylic acids is 1. The van der Waals surface area contributed by atoms with E-state index >= 15 is 0 Å². The Bertz CT molecular complexity index is 755. The number of hydrogen-bond acceptors (Lipinski definition) is 2. The molecule has 0 bridgehead atoms. The minimum Gasteiger partial charge on any atom is -0.457 e. The van der Waals surface area contributed by atoms with E-state index in [0.717, 1.165) is 30.4 Å². The molecule has 0 unspecified atom stereocenters. The molecule has 0 saturated carbocycles. The molecule has 0 N–H and O–H groups in total. The van der Waals surface area contributed by atoms with Gasteiger partial charge in [-0.2, -0.15) is 0 Å². The largest absolute Gasteiger partial charge is 0.457 e. The molecule has 0 heterocycles. The zero-order valence-corrected chi connectivity index (χ0v) is 18.5. The Morgan fingerprint density at radius 2 is 1.75 bits per heavy atom. The molecule has 1 aromatic rings. The lowest BCUT2D eigenvalue weighted by atomic mass is 9.75. The second-order valence-corrected chi connectivity index (χ2v) is 9.49. The normalized spacial score (nSPS) is 15.7. The van der Waals surface area contributed by atoms with Gasteiger partial charge in [-0.3, -0.25) is 0 Å². The van der Waals surface area contributed by atoms with Crippen molar-refractivity contribution in [3.05, 3.63) is 70.8 Å². The third kappa shape index (κ3) is 6.51. The van der Waals surface area contributed by atoms with Crippen LogP contribution in [0.5, 0.6) is 0 Å². The van der Waals surface area contributed by atoms with Gasteiger partial charge in [0.15, 0.2) is 0 Å². The average Bonchev–Trinajstić information content (AvgIpc) is 2.66. The van der Waals surface area contributed by atoms with Crippen LogP contribution in [0.3, 0.4) is 0 Å². The van der Waals surface area contributed by atoms with E-state index in [9.17, 15) is 4.79 Å². The summed E-state index contributed by atoms with van der Waals surface area (Å²) in [6, 6.07) is 9.84. The minimum atomic E-state index is -0.186. The van der Waals surface area contributed by atoms with Crippen molar-refractivity contribution >= 4 is 5.97 Å². The molecule has 0 atom stereocenters. The highest BCUT2D eigenvalue weighted by Crippen LogP contribution is 2.38. The van der Waals surface area contributed by atoms with Crippen LogP contribution in [0.15, 0.2) is 65.3 Å². The summed E-state index contributed by atoms with van der Waals surface area (Å²) >= 11 is 0. The number of rotatable bonds is 7. The number of carbonyl (C=O) groups is 1. The Hall–Kier alpha value is -2.09. The van der Waals surface area contributed by atoms with E-state index in [0.29, 0.717) is 13.0 Å². The fourth-order valence-corrected chi connectivity index (χ4v) is 3.30. The fraction of sp³-hybridized carbons (Fsp3) is 0.500. The van der Waals surface area contributed by atoms with Crippen molar-refractivity contribution < 1.29 is 9.53 Å². The van der Waals surface area contributed by atoms with Crippen molar-refractivity contribution in [3.63, 3.8) is 0 Å². The average molecular weight is 381 g/mol. The Kier molecular flexibility index (Phi) is 7.46. The highest BCUT2D eigenvalue weighted by atomic mass is 16.5. The lowest BCUT2D eigenvalue weighted by Crippen LogP contribution is -2.20. The van der Waals surface area contributed by atoms with Crippen LogP contribution >= 0.6 is 0 Å². The first-order chi connectivity index (χ1) is 13.1. The Balaban J connectivity index is 1.91. The van der Waals surface area contributed by atoms with E-state index < -0.39 is 0 Å². The van der Waals surface area contributed by atoms with Crippen molar-refractivity contribution in [1.29, 1.82) is 0 Å². The van der Waals surface area contributed by atoms with Gasteiger partial charge in [0.1, 0.15) is 6.61 Å². The quantitative estimate of drug-likeness (QED) is 0.370. The lowest BCUT2D eigenvalue weighted by molar-refractivity contribution is -0.140. The Morgan fingerprint density at radius 1 is 1.07 bits per heavy atom. The van der Waals surface area contributed by atoms with Gasteiger partial charge in [-0.15, -0.1) is 0 Å². The fourth-order valence-electron chi connectivity index (χ4n) is 3.30. The second kappa shape index (κ2) is 9.41.